The maximum atomic E-state index is 12.3. The fraction of sp³-hybridized carbons (Fsp3) is 0.588. The topological polar surface area (TPSA) is 68.8 Å². The molecule has 2 N–H and O–H groups in total. The van der Waals surface area contributed by atoms with Crippen LogP contribution in [0.1, 0.15) is 25.8 Å². The van der Waals surface area contributed by atoms with Crippen molar-refractivity contribution in [2.24, 2.45) is 0 Å². The van der Waals surface area contributed by atoms with E-state index in [4.69, 9.17) is 14.2 Å². The van der Waals surface area contributed by atoms with Crippen LogP contribution in [0.25, 0.3) is 0 Å². The predicted molar refractivity (Wildman–Crippen MR) is 87.3 cm³/mol. The van der Waals surface area contributed by atoms with Crippen molar-refractivity contribution in [3.8, 4) is 11.5 Å². The molecule has 1 fully saturated rings. The third-order valence-corrected chi connectivity index (χ3v) is 4.00. The molecule has 1 amide bonds. The summed E-state index contributed by atoms with van der Waals surface area (Å²) in [5, 5.41) is 6.23. The molecule has 2 unspecified atom stereocenters. The van der Waals surface area contributed by atoms with Crippen LogP contribution in [-0.4, -0.2) is 44.4 Å². The van der Waals surface area contributed by atoms with E-state index >= 15 is 0 Å². The largest absolute Gasteiger partial charge is 0.492 e. The second-order valence-corrected chi connectivity index (χ2v) is 6.00. The Labute approximate surface area is 136 Å². The van der Waals surface area contributed by atoms with E-state index in [0.29, 0.717) is 37.7 Å². The lowest BCUT2D eigenvalue weighted by Crippen LogP contribution is -2.43. The van der Waals surface area contributed by atoms with Gasteiger partial charge in [0.1, 0.15) is 17.6 Å². The molecular formula is C17H24N2O4. The molecule has 0 saturated carbocycles. The zero-order valence-corrected chi connectivity index (χ0v) is 13.7. The molecule has 2 heterocycles. The lowest BCUT2D eigenvalue weighted by molar-refractivity contribution is -0.117. The van der Waals surface area contributed by atoms with Crippen LogP contribution in [0.2, 0.25) is 0 Å². The van der Waals surface area contributed by atoms with Crippen LogP contribution in [0.3, 0.4) is 0 Å². The Bertz CT molecular complexity index is 570. The Balaban J connectivity index is 1.70. The number of rotatable bonds is 5. The molecule has 1 aromatic rings. The van der Waals surface area contributed by atoms with Crippen molar-refractivity contribution in [3.05, 3.63) is 17.7 Å². The van der Waals surface area contributed by atoms with Crippen LogP contribution in [0.4, 0.5) is 5.69 Å². The normalized spacial score (nSPS) is 23.0. The molecule has 126 valence electrons. The van der Waals surface area contributed by atoms with E-state index in [1.807, 2.05) is 26.0 Å². The Morgan fingerprint density at radius 1 is 1.48 bits per heavy atom. The van der Waals surface area contributed by atoms with Crippen LogP contribution in [0.5, 0.6) is 11.5 Å². The van der Waals surface area contributed by atoms with Gasteiger partial charge in [-0.3, -0.25) is 4.79 Å². The number of benzene rings is 1. The summed E-state index contributed by atoms with van der Waals surface area (Å²) in [7, 11) is 0. The van der Waals surface area contributed by atoms with Gasteiger partial charge in [0, 0.05) is 37.1 Å². The first-order valence-electron chi connectivity index (χ1n) is 8.23. The number of morpholine rings is 1. The van der Waals surface area contributed by atoms with Gasteiger partial charge in [-0.15, -0.1) is 0 Å². The average molecular weight is 320 g/mol. The summed E-state index contributed by atoms with van der Waals surface area (Å²) in [6, 6.07) is 3.90. The number of ether oxygens (including phenoxy) is 3. The van der Waals surface area contributed by atoms with E-state index in [-0.39, 0.29) is 18.1 Å². The van der Waals surface area contributed by atoms with Crippen LogP contribution in [0, 0.1) is 0 Å². The summed E-state index contributed by atoms with van der Waals surface area (Å²) in [6.07, 6.45) is 1.40. The van der Waals surface area contributed by atoms with E-state index in [2.05, 4.69) is 10.6 Å². The number of hydrogen-bond acceptors (Lipinski definition) is 5. The highest BCUT2D eigenvalue weighted by Crippen LogP contribution is 2.38. The van der Waals surface area contributed by atoms with Crippen molar-refractivity contribution < 1.29 is 19.0 Å². The molecule has 6 nitrogen and oxygen atoms in total. The van der Waals surface area contributed by atoms with Gasteiger partial charge < -0.3 is 24.8 Å². The third kappa shape index (κ3) is 3.95. The first-order chi connectivity index (χ1) is 11.2. The van der Waals surface area contributed by atoms with Crippen molar-refractivity contribution in [1.82, 2.24) is 5.32 Å². The summed E-state index contributed by atoms with van der Waals surface area (Å²) < 4.78 is 16.8. The maximum absolute atomic E-state index is 12.3. The Morgan fingerprint density at radius 2 is 2.35 bits per heavy atom. The van der Waals surface area contributed by atoms with Gasteiger partial charge in [0.25, 0.3) is 0 Å². The van der Waals surface area contributed by atoms with Crippen molar-refractivity contribution in [1.29, 1.82) is 0 Å². The van der Waals surface area contributed by atoms with Gasteiger partial charge in [0.15, 0.2) is 0 Å². The number of anilines is 1. The number of nitrogens with one attached hydrogen (secondary N) is 2. The summed E-state index contributed by atoms with van der Waals surface area (Å²) in [5.74, 6) is 1.47. The minimum absolute atomic E-state index is 0.0556. The molecule has 1 aromatic carbocycles. The van der Waals surface area contributed by atoms with E-state index in [0.717, 1.165) is 24.3 Å². The minimum atomic E-state index is -0.0556. The van der Waals surface area contributed by atoms with Crippen LogP contribution in [-0.2, 0) is 16.0 Å². The molecule has 6 heteroatoms. The minimum Gasteiger partial charge on any atom is -0.492 e. The van der Waals surface area contributed by atoms with Gasteiger partial charge in [-0.05, 0) is 19.9 Å². The zero-order chi connectivity index (χ0) is 16.2. The van der Waals surface area contributed by atoms with Gasteiger partial charge in [0.2, 0.25) is 5.91 Å². The summed E-state index contributed by atoms with van der Waals surface area (Å²) in [5.41, 5.74) is 1.79. The summed E-state index contributed by atoms with van der Waals surface area (Å²) in [6.45, 7) is 6.57. The number of amides is 1. The lowest BCUT2D eigenvalue weighted by atomic mass is 10.1. The molecule has 0 aromatic heterocycles. The van der Waals surface area contributed by atoms with E-state index in [1.165, 1.54) is 0 Å². The monoisotopic (exact) mass is 320 g/mol. The maximum Gasteiger partial charge on any atom is 0.226 e. The van der Waals surface area contributed by atoms with Crippen molar-refractivity contribution in [2.75, 3.05) is 31.7 Å². The van der Waals surface area contributed by atoms with Gasteiger partial charge in [-0.2, -0.15) is 0 Å². The number of carbonyl (C=O) groups excluding carboxylic acids is 1. The first kappa shape index (κ1) is 16.1. The molecule has 1 saturated heterocycles. The standard InChI is InChI=1S/C17H24N2O4/c1-3-22-16-7-12-6-11(2)23-15(12)9-14(16)19-17(20)8-13-10-21-5-4-18-13/h7,9,11,13,18H,3-6,8,10H2,1-2H3,(H,19,20). The highest BCUT2D eigenvalue weighted by Gasteiger charge is 2.23. The molecule has 2 aliphatic heterocycles. The highest BCUT2D eigenvalue weighted by molar-refractivity contribution is 5.93. The molecule has 0 aliphatic carbocycles. The van der Waals surface area contributed by atoms with Gasteiger partial charge in [-0.1, -0.05) is 0 Å². The highest BCUT2D eigenvalue weighted by atomic mass is 16.5. The molecule has 23 heavy (non-hydrogen) atoms. The molecule has 2 atom stereocenters. The van der Waals surface area contributed by atoms with Crippen LogP contribution < -0.4 is 20.1 Å². The second kappa shape index (κ2) is 7.19. The van der Waals surface area contributed by atoms with Gasteiger partial charge in [0.05, 0.1) is 25.5 Å². The van der Waals surface area contributed by atoms with Crippen LogP contribution in [0.15, 0.2) is 12.1 Å². The lowest BCUT2D eigenvalue weighted by Gasteiger charge is -2.23. The quantitative estimate of drug-likeness (QED) is 0.865. The average Bonchev–Trinajstić information content (AvgIpc) is 2.88. The number of fused-ring (bicyclic) bond motifs is 1. The number of carbonyl (C=O) groups is 1. The smallest absolute Gasteiger partial charge is 0.226 e. The fourth-order valence-corrected chi connectivity index (χ4v) is 2.99. The first-order valence-corrected chi connectivity index (χ1v) is 8.23. The molecule has 2 aliphatic rings. The third-order valence-electron chi connectivity index (χ3n) is 4.00. The Hall–Kier alpha value is -1.79. The van der Waals surface area contributed by atoms with E-state index in [9.17, 15) is 4.79 Å². The van der Waals surface area contributed by atoms with E-state index < -0.39 is 0 Å². The number of hydrogen-bond donors (Lipinski definition) is 2. The van der Waals surface area contributed by atoms with Crippen molar-refractivity contribution in [3.63, 3.8) is 0 Å². The molecule has 0 spiro atoms. The molecule has 0 radical (unpaired) electrons. The van der Waals surface area contributed by atoms with Gasteiger partial charge in [-0.25, -0.2) is 0 Å². The predicted octanol–water partition coefficient (Wildman–Crippen LogP) is 1.73. The second-order valence-electron chi connectivity index (χ2n) is 6.00. The summed E-state index contributed by atoms with van der Waals surface area (Å²) >= 11 is 0. The Kier molecular flexibility index (Phi) is 5.03. The Morgan fingerprint density at radius 3 is 3.09 bits per heavy atom. The van der Waals surface area contributed by atoms with E-state index in [1.54, 1.807) is 0 Å². The van der Waals surface area contributed by atoms with Crippen molar-refractivity contribution in [2.45, 2.75) is 38.8 Å². The van der Waals surface area contributed by atoms with Crippen LogP contribution >= 0.6 is 0 Å². The zero-order valence-electron chi connectivity index (χ0n) is 13.7. The van der Waals surface area contributed by atoms with Gasteiger partial charge >= 0.3 is 0 Å². The fourth-order valence-electron chi connectivity index (χ4n) is 2.99. The molecular weight excluding hydrogens is 296 g/mol. The SMILES string of the molecule is CCOc1cc2c(cc1NC(=O)CC1COCCN1)OC(C)C2. The molecule has 0 bridgehead atoms. The van der Waals surface area contributed by atoms with Crippen molar-refractivity contribution >= 4 is 11.6 Å². The summed E-state index contributed by atoms with van der Waals surface area (Å²) in [4.78, 5) is 12.3. The molecule has 3 rings (SSSR count).